The maximum absolute atomic E-state index is 12.3. The van der Waals surface area contributed by atoms with Crippen LogP contribution in [0.15, 0.2) is 24.3 Å². The molecule has 2 aromatic rings. The van der Waals surface area contributed by atoms with Crippen LogP contribution in [0.3, 0.4) is 0 Å². The Labute approximate surface area is 151 Å². The molecule has 2 amide bonds. The first-order valence-electron chi connectivity index (χ1n) is 8.05. The Bertz CT molecular complexity index is 824. The number of hydrogen-bond donors (Lipinski definition) is 2. The van der Waals surface area contributed by atoms with Gasteiger partial charge in [-0.05, 0) is 44.5 Å². The molecule has 0 spiro atoms. The summed E-state index contributed by atoms with van der Waals surface area (Å²) < 4.78 is 0. The largest absolute Gasteiger partial charge is 0.326 e. The van der Waals surface area contributed by atoms with Gasteiger partial charge in [-0.25, -0.2) is 0 Å². The molecule has 1 aromatic carbocycles. The normalized spacial score (nSPS) is 10.4. The van der Waals surface area contributed by atoms with Crippen LogP contribution < -0.4 is 10.6 Å². The summed E-state index contributed by atoms with van der Waals surface area (Å²) in [6.07, 6.45) is 0.296. The van der Waals surface area contributed by atoms with E-state index in [-0.39, 0.29) is 30.4 Å². The van der Waals surface area contributed by atoms with Crippen LogP contribution in [-0.2, 0) is 9.59 Å². The summed E-state index contributed by atoms with van der Waals surface area (Å²) in [4.78, 5) is 37.7. The maximum Gasteiger partial charge on any atom is 0.224 e. The van der Waals surface area contributed by atoms with Crippen molar-refractivity contribution in [3.63, 3.8) is 0 Å². The van der Waals surface area contributed by atoms with E-state index in [9.17, 15) is 14.4 Å². The number of nitrogens with one attached hydrogen (secondary N) is 2. The molecule has 0 aliphatic carbocycles. The molecule has 1 aromatic heterocycles. The smallest absolute Gasteiger partial charge is 0.224 e. The predicted octanol–water partition coefficient (Wildman–Crippen LogP) is 4.23. The van der Waals surface area contributed by atoms with Crippen molar-refractivity contribution in [3.8, 4) is 0 Å². The highest BCUT2D eigenvalue weighted by atomic mass is 32.1. The number of benzene rings is 1. The average molecular weight is 358 g/mol. The first-order chi connectivity index (χ1) is 11.8. The number of anilines is 2. The van der Waals surface area contributed by atoms with Crippen LogP contribution in [0.5, 0.6) is 0 Å². The zero-order valence-electron chi connectivity index (χ0n) is 14.9. The standard InChI is InChI=1S/C19H22N2O3S/c1-11-10-15(13(3)25-11)18(23)8-9-19(24)21-17-7-5-6-16(12(17)2)20-14(4)22/h5-7,10H,8-9H2,1-4H3,(H,20,22)(H,21,24). The zero-order chi connectivity index (χ0) is 18.6. The van der Waals surface area contributed by atoms with Gasteiger partial charge in [0, 0.05) is 46.5 Å². The van der Waals surface area contributed by atoms with Crippen molar-refractivity contribution in [2.75, 3.05) is 10.6 Å². The van der Waals surface area contributed by atoms with Crippen LogP contribution in [0.2, 0.25) is 0 Å². The number of ketones is 1. The summed E-state index contributed by atoms with van der Waals surface area (Å²) in [7, 11) is 0. The van der Waals surface area contributed by atoms with Crippen LogP contribution in [-0.4, -0.2) is 17.6 Å². The lowest BCUT2D eigenvalue weighted by Gasteiger charge is -2.12. The monoisotopic (exact) mass is 358 g/mol. The van der Waals surface area contributed by atoms with Crippen LogP contribution in [0, 0.1) is 20.8 Å². The highest BCUT2D eigenvalue weighted by Gasteiger charge is 2.14. The van der Waals surface area contributed by atoms with Crippen LogP contribution in [0.1, 0.15) is 45.4 Å². The fraction of sp³-hybridized carbons (Fsp3) is 0.316. The third kappa shape index (κ3) is 5.00. The summed E-state index contributed by atoms with van der Waals surface area (Å²) in [6.45, 7) is 7.14. The minimum atomic E-state index is -0.221. The van der Waals surface area contributed by atoms with Crippen molar-refractivity contribution in [3.05, 3.63) is 45.1 Å². The van der Waals surface area contributed by atoms with Crippen LogP contribution in [0.25, 0.3) is 0 Å². The van der Waals surface area contributed by atoms with Crippen LogP contribution in [0.4, 0.5) is 11.4 Å². The van der Waals surface area contributed by atoms with Crippen molar-refractivity contribution in [1.82, 2.24) is 0 Å². The van der Waals surface area contributed by atoms with Gasteiger partial charge in [0.25, 0.3) is 0 Å². The summed E-state index contributed by atoms with van der Waals surface area (Å²) in [6, 6.07) is 7.18. The van der Waals surface area contributed by atoms with E-state index in [0.29, 0.717) is 16.9 Å². The first kappa shape index (κ1) is 18.9. The van der Waals surface area contributed by atoms with Crippen molar-refractivity contribution in [1.29, 1.82) is 0 Å². The highest BCUT2D eigenvalue weighted by molar-refractivity contribution is 7.12. The van der Waals surface area contributed by atoms with E-state index in [2.05, 4.69) is 10.6 Å². The third-order valence-electron chi connectivity index (χ3n) is 3.84. The quantitative estimate of drug-likeness (QED) is 0.759. The van der Waals surface area contributed by atoms with Gasteiger partial charge in [-0.3, -0.25) is 14.4 Å². The summed E-state index contributed by atoms with van der Waals surface area (Å²) in [5, 5.41) is 5.53. The molecule has 0 unspecified atom stereocenters. The molecule has 132 valence electrons. The molecule has 0 radical (unpaired) electrons. The lowest BCUT2D eigenvalue weighted by Crippen LogP contribution is -2.15. The Balaban J connectivity index is 1.97. The van der Waals surface area contributed by atoms with E-state index in [1.807, 2.05) is 26.8 Å². The molecule has 0 fully saturated rings. The molecule has 2 N–H and O–H groups in total. The molecule has 0 bridgehead atoms. The second-order valence-corrected chi connectivity index (χ2v) is 7.42. The van der Waals surface area contributed by atoms with Crippen molar-refractivity contribution in [2.45, 2.75) is 40.5 Å². The van der Waals surface area contributed by atoms with Crippen molar-refractivity contribution < 1.29 is 14.4 Å². The number of amides is 2. The topological polar surface area (TPSA) is 75.3 Å². The number of hydrogen-bond acceptors (Lipinski definition) is 4. The lowest BCUT2D eigenvalue weighted by atomic mass is 10.1. The molecule has 0 aliphatic rings. The molecular formula is C19H22N2O3S. The minimum Gasteiger partial charge on any atom is -0.326 e. The van der Waals surface area contributed by atoms with Crippen LogP contribution >= 0.6 is 11.3 Å². The van der Waals surface area contributed by atoms with Gasteiger partial charge < -0.3 is 10.6 Å². The highest BCUT2D eigenvalue weighted by Crippen LogP contribution is 2.24. The number of rotatable bonds is 6. The van der Waals surface area contributed by atoms with Gasteiger partial charge >= 0.3 is 0 Å². The molecule has 0 aliphatic heterocycles. The van der Waals surface area contributed by atoms with E-state index < -0.39 is 0 Å². The van der Waals surface area contributed by atoms with Crippen molar-refractivity contribution >= 4 is 40.3 Å². The minimum absolute atomic E-state index is 0.0132. The summed E-state index contributed by atoms with van der Waals surface area (Å²) >= 11 is 1.59. The van der Waals surface area contributed by atoms with E-state index >= 15 is 0 Å². The first-order valence-corrected chi connectivity index (χ1v) is 8.87. The SMILES string of the molecule is CC(=O)Nc1cccc(NC(=O)CCC(=O)c2cc(C)sc2C)c1C. The second kappa shape index (κ2) is 8.07. The maximum atomic E-state index is 12.3. The lowest BCUT2D eigenvalue weighted by molar-refractivity contribution is -0.116. The summed E-state index contributed by atoms with van der Waals surface area (Å²) in [5.41, 5.74) is 2.78. The Morgan fingerprint density at radius 1 is 1.00 bits per heavy atom. The fourth-order valence-electron chi connectivity index (χ4n) is 2.58. The molecule has 0 saturated heterocycles. The molecule has 25 heavy (non-hydrogen) atoms. The fourth-order valence-corrected chi connectivity index (χ4v) is 3.52. The van der Waals surface area contributed by atoms with E-state index in [4.69, 9.17) is 0 Å². The summed E-state index contributed by atoms with van der Waals surface area (Å²) in [5.74, 6) is -0.402. The Hall–Kier alpha value is -2.47. The molecule has 5 nitrogen and oxygen atoms in total. The van der Waals surface area contributed by atoms with E-state index in [1.54, 1.807) is 29.5 Å². The number of thiophene rings is 1. The predicted molar refractivity (Wildman–Crippen MR) is 101 cm³/mol. The number of carbonyl (C=O) groups excluding carboxylic acids is 3. The molecule has 0 saturated carbocycles. The van der Waals surface area contributed by atoms with Gasteiger partial charge in [0.15, 0.2) is 5.78 Å². The molecule has 1 heterocycles. The Kier molecular flexibility index (Phi) is 6.09. The number of carbonyl (C=O) groups is 3. The Morgan fingerprint density at radius 2 is 1.64 bits per heavy atom. The second-order valence-electron chi connectivity index (χ2n) is 5.96. The van der Waals surface area contributed by atoms with Gasteiger partial charge in [-0.1, -0.05) is 6.07 Å². The number of Topliss-reactive ketones (excluding diaryl/α,β-unsaturated/α-hetero) is 1. The van der Waals surface area contributed by atoms with Gasteiger partial charge in [0.05, 0.1) is 0 Å². The Morgan fingerprint density at radius 3 is 2.20 bits per heavy atom. The third-order valence-corrected chi connectivity index (χ3v) is 4.81. The van der Waals surface area contributed by atoms with Crippen molar-refractivity contribution in [2.24, 2.45) is 0 Å². The average Bonchev–Trinajstić information content (AvgIpc) is 2.87. The van der Waals surface area contributed by atoms with E-state index in [0.717, 1.165) is 15.3 Å². The van der Waals surface area contributed by atoms with E-state index in [1.165, 1.54) is 6.92 Å². The molecular weight excluding hydrogens is 336 g/mol. The zero-order valence-corrected chi connectivity index (χ0v) is 15.7. The van der Waals surface area contributed by atoms with Gasteiger partial charge in [-0.15, -0.1) is 11.3 Å². The van der Waals surface area contributed by atoms with Gasteiger partial charge in [-0.2, -0.15) is 0 Å². The number of aryl methyl sites for hydroxylation is 2. The molecule has 6 heteroatoms. The van der Waals surface area contributed by atoms with Gasteiger partial charge in [0.2, 0.25) is 11.8 Å². The molecule has 2 rings (SSSR count). The molecule has 0 atom stereocenters. The van der Waals surface area contributed by atoms with Gasteiger partial charge in [0.1, 0.15) is 0 Å².